The molecule has 0 aliphatic rings. The third-order valence-electron chi connectivity index (χ3n) is 5.35. The predicted octanol–water partition coefficient (Wildman–Crippen LogP) is 5.90. The van der Waals surface area contributed by atoms with E-state index >= 15 is 0 Å². The summed E-state index contributed by atoms with van der Waals surface area (Å²) in [7, 11) is 1.53. The van der Waals surface area contributed by atoms with Crippen molar-refractivity contribution in [3.63, 3.8) is 0 Å². The number of benzene rings is 2. The van der Waals surface area contributed by atoms with E-state index in [1.165, 1.54) is 18.1 Å². The number of methoxy groups -OCH3 is 1. The molecule has 0 aliphatic heterocycles. The van der Waals surface area contributed by atoms with Gasteiger partial charge in [-0.2, -0.15) is 5.10 Å². The van der Waals surface area contributed by atoms with E-state index in [9.17, 15) is 9.59 Å². The number of urea groups is 1. The van der Waals surface area contributed by atoms with Crippen molar-refractivity contribution in [2.75, 3.05) is 37.4 Å². The molecule has 3 aromatic rings. The van der Waals surface area contributed by atoms with Crippen molar-refractivity contribution < 1.29 is 14.3 Å². The summed E-state index contributed by atoms with van der Waals surface area (Å²) < 4.78 is 6.84. The maximum Gasteiger partial charge on any atom is 0.322 e. The normalized spacial score (nSPS) is 11.3. The van der Waals surface area contributed by atoms with Crippen LogP contribution in [0.25, 0.3) is 5.69 Å². The Morgan fingerprint density at radius 1 is 1.08 bits per heavy atom. The molecular formula is C26H31Cl2N5O3. The van der Waals surface area contributed by atoms with Gasteiger partial charge < -0.3 is 20.3 Å². The Bertz CT molecular complexity index is 1240. The number of anilines is 2. The highest BCUT2D eigenvalue weighted by Gasteiger charge is 2.23. The zero-order valence-corrected chi connectivity index (χ0v) is 22.6. The van der Waals surface area contributed by atoms with Gasteiger partial charge >= 0.3 is 6.03 Å². The van der Waals surface area contributed by atoms with Crippen molar-refractivity contribution in [2.45, 2.75) is 33.1 Å². The lowest BCUT2D eigenvalue weighted by Crippen LogP contribution is -2.42. The molecule has 0 spiro atoms. The molecular weight excluding hydrogens is 501 g/mol. The Hall–Kier alpha value is -3.07. The zero-order chi connectivity index (χ0) is 26.5. The van der Waals surface area contributed by atoms with Crippen LogP contribution in [0, 0.1) is 6.92 Å². The summed E-state index contributed by atoms with van der Waals surface area (Å²) in [6, 6.07) is 14.0. The monoisotopic (exact) mass is 531 g/mol. The van der Waals surface area contributed by atoms with E-state index < -0.39 is 6.03 Å². The van der Waals surface area contributed by atoms with Crippen molar-refractivity contribution >= 4 is 46.6 Å². The maximum atomic E-state index is 13.1. The van der Waals surface area contributed by atoms with Gasteiger partial charge in [-0.15, -0.1) is 0 Å². The topological polar surface area (TPSA) is 88.5 Å². The van der Waals surface area contributed by atoms with E-state index in [4.69, 9.17) is 33.0 Å². The van der Waals surface area contributed by atoms with E-state index in [0.717, 1.165) is 16.9 Å². The first kappa shape index (κ1) is 27.5. The standard InChI is InChI=1S/C26H31Cl2N5O3/c1-17-7-6-8-19(13-17)33-23(15-22(31-33)26(2,3)4)30-24(34)16-32(11-12-36-5)25(35)29-21-10-9-18(27)14-20(21)28/h6-10,13-15H,11-12,16H2,1-5H3,(H,29,35)(H,30,34). The van der Waals surface area contributed by atoms with E-state index in [2.05, 4.69) is 31.4 Å². The molecule has 8 nitrogen and oxygen atoms in total. The molecule has 2 aromatic carbocycles. The largest absolute Gasteiger partial charge is 0.383 e. The molecule has 10 heteroatoms. The fraction of sp³-hybridized carbons (Fsp3) is 0.346. The third kappa shape index (κ3) is 7.22. The molecule has 3 amide bonds. The number of nitrogens with one attached hydrogen (secondary N) is 2. The highest BCUT2D eigenvalue weighted by molar-refractivity contribution is 6.36. The van der Waals surface area contributed by atoms with Gasteiger partial charge in [0.2, 0.25) is 5.91 Å². The van der Waals surface area contributed by atoms with Crippen LogP contribution in [0.1, 0.15) is 32.0 Å². The number of halogens is 2. The van der Waals surface area contributed by atoms with Gasteiger partial charge in [0.15, 0.2) is 0 Å². The van der Waals surface area contributed by atoms with Crippen LogP contribution in [-0.2, 0) is 14.9 Å². The Kier molecular flexibility index (Phi) is 9.00. The van der Waals surface area contributed by atoms with E-state index in [0.29, 0.717) is 21.6 Å². The predicted molar refractivity (Wildman–Crippen MR) is 145 cm³/mol. The Balaban J connectivity index is 1.81. The van der Waals surface area contributed by atoms with Crippen LogP contribution in [0.3, 0.4) is 0 Å². The lowest BCUT2D eigenvalue weighted by atomic mass is 9.92. The fourth-order valence-corrected chi connectivity index (χ4v) is 3.84. The number of aryl methyl sites for hydroxylation is 1. The molecule has 0 unspecified atom stereocenters. The number of nitrogens with zero attached hydrogens (tertiary/aromatic N) is 3. The quantitative estimate of drug-likeness (QED) is 0.378. The molecule has 0 atom stereocenters. The average molecular weight is 532 g/mol. The van der Waals surface area contributed by atoms with Gasteiger partial charge in [-0.05, 0) is 42.8 Å². The first-order valence-corrected chi connectivity index (χ1v) is 12.2. The minimum atomic E-state index is -0.492. The summed E-state index contributed by atoms with van der Waals surface area (Å²) >= 11 is 12.1. The summed E-state index contributed by atoms with van der Waals surface area (Å²) in [5.41, 5.74) is 2.89. The lowest BCUT2D eigenvalue weighted by molar-refractivity contribution is -0.116. The number of rotatable bonds is 8. The number of carbonyl (C=O) groups excluding carboxylic acids is 2. The number of amides is 3. The van der Waals surface area contributed by atoms with Gasteiger partial charge in [0.25, 0.3) is 0 Å². The second-order valence-electron chi connectivity index (χ2n) is 9.43. The molecule has 3 rings (SSSR count). The summed E-state index contributed by atoms with van der Waals surface area (Å²) in [6.45, 7) is 8.41. The number of ether oxygens (including phenoxy) is 1. The van der Waals surface area contributed by atoms with Crippen molar-refractivity contribution in [3.8, 4) is 5.69 Å². The molecule has 0 aliphatic carbocycles. The number of carbonyl (C=O) groups is 2. The first-order chi connectivity index (χ1) is 17.0. The third-order valence-corrected chi connectivity index (χ3v) is 5.90. The summed E-state index contributed by atoms with van der Waals surface area (Å²) in [5, 5.41) is 11.1. The molecule has 0 fully saturated rings. The second kappa shape index (κ2) is 11.8. The smallest absolute Gasteiger partial charge is 0.322 e. The highest BCUT2D eigenvalue weighted by Crippen LogP contribution is 2.27. The minimum absolute atomic E-state index is 0.200. The van der Waals surface area contributed by atoms with Crippen LogP contribution < -0.4 is 10.6 Å². The van der Waals surface area contributed by atoms with Crippen LogP contribution in [-0.4, -0.2) is 53.4 Å². The first-order valence-electron chi connectivity index (χ1n) is 11.5. The summed E-state index contributed by atoms with van der Waals surface area (Å²) in [6.07, 6.45) is 0. The zero-order valence-electron chi connectivity index (χ0n) is 21.1. The molecule has 192 valence electrons. The van der Waals surface area contributed by atoms with Gasteiger partial charge in [0.05, 0.1) is 28.7 Å². The number of hydrogen-bond acceptors (Lipinski definition) is 4. The van der Waals surface area contributed by atoms with Gasteiger partial charge in [0.1, 0.15) is 12.4 Å². The molecule has 0 bridgehead atoms. The Morgan fingerprint density at radius 3 is 2.47 bits per heavy atom. The molecule has 1 heterocycles. The number of hydrogen-bond donors (Lipinski definition) is 2. The molecule has 0 saturated heterocycles. The molecule has 2 N–H and O–H groups in total. The van der Waals surface area contributed by atoms with Crippen molar-refractivity contribution in [1.82, 2.24) is 14.7 Å². The molecule has 0 saturated carbocycles. The Morgan fingerprint density at radius 2 is 1.83 bits per heavy atom. The fourth-order valence-electron chi connectivity index (χ4n) is 3.39. The van der Waals surface area contributed by atoms with E-state index in [-0.39, 0.29) is 31.0 Å². The molecule has 1 aromatic heterocycles. The van der Waals surface area contributed by atoms with Gasteiger partial charge in [-0.25, -0.2) is 9.48 Å². The van der Waals surface area contributed by atoms with Gasteiger partial charge in [-0.3, -0.25) is 4.79 Å². The minimum Gasteiger partial charge on any atom is -0.383 e. The van der Waals surface area contributed by atoms with E-state index in [1.54, 1.807) is 16.8 Å². The van der Waals surface area contributed by atoms with Crippen LogP contribution in [0.5, 0.6) is 0 Å². The van der Waals surface area contributed by atoms with Crippen LogP contribution >= 0.6 is 23.2 Å². The Labute approximate surface area is 221 Å². The second-order valence-corrected chi connectivity index (χ2v) is 10.3. The molecule has 36 heavy (non-hydrogen) atoms. The highest BCUT2D eigenvalue weighted by atomic mass is 35.5. The average Bonchev–Trinajstić information content (AvgIpc) is 3.22. The van der Waals surface area contributed by atoms with Crippen LogP contribution in [0.4, 0.5) is 16.3 Å². The van der Waals surface area contributed by atoms with Crippen LogP contribution in [0.15, 0.2) is 48.5 Å². The van der Waals surface area contributed by atoms with Gasteiger partial charge in [0, 0.05) is 30.2 Å². The van der Waals surface area contributed by atoms with Crippen LogP contribution in [0.2, 0.25) is 10.0 Å². The van der Waals surface area contributed by atoms with Crippen molar-refractivity contribution in [1.29, 1.82) is 0 Å². The SMILES string of the molecule is COCCN(CC(=O)Nc1cc(C(C)(C)C)nn1-c1cccc(C)c1)C(=O)Nc1ccc(Cl)cc1Cl. The van der Waals surface area contributed by atoms with Gasteiger partial charge in [-0.1, -0.05) is 56.1 Å². The lowest BCUT2D eigenvalue weighted by Gasteiger charge is -2.22. The summed E-state index contributed by atoms with van der Waals surface area (Å²) in [4.78, 5) is 27.4. The van der Waals surface area contributed by atoms with Crippen molar-refractivity contribution in [3.05, 3.63) is 69.8 Å². The number of aromatic nitrogens is 2. The molecule has 0 radical (unpaired) electrons. The van der Waals surface area contributed by atoms with E-state index in [1.807, 2.05) is 37.3 Å². The summed E-state index contributed by atoms with van der Waals surface area (Å²) in [5.74, 6) is 0.140. The maximum absolute atomic E-state index is 13.1. The van der Waals surface area contributed by atoms with Crippen molar-refractivity contribution in [2.24, 2.45) is 0 Å².